The minimum atomic E-state index is -3.01. The maximum atomic E-state index is 11.6. The van der Waals surface area contributed by atoms with Crippen LogP contribution in [0.25, 0.3) is 0 Å². The Hall–Kier alpha value is -1.83. The van der Waals surface area contributed by atoms with Gasteiger partial charge in [-0.2, -0.15) is 0 Å². The van der Waals surface area contributed by atoms with Crippen LogP contribution < -0.4 is 10.6 Å². The number of anilines is 2. The summed E-state index contributed by atoms with van der Waals surface area (Å²) >= 11 is 0. The molecule has 20 heavy (non-hydrogen) atoms. The molecule has 8 heteroatoms. The summed E-state index contributed by atoms with van der Waals surface area (Å²) in [6.45, 7) is 0.866. The maximum Gasteiger partial charge on any atom is 0.340 e. The van der Waals surface area contributed by atoms with E-state index in [-0.39, 0.29) is 22.8 Å². The number of pyridine rings is 1. The minimum absolute atomic E-state index is 0.0660. The number of carbonyl (C=O) groups is 1. The predicted octanol–water partition coefficient (Wildman–Crippen LogP) is 0.0753. The number of nitrogen functional groups attached to an aromatic ring is 1. The Morgan fingerprint density at radius 1 is 1.40 bits per heavy atom. The average Bonchev–Trinajstić information content (AvgIpc) is 2.59. The second-order valence-corrected chi connectivity index (χ2v) is 6.88. The lowest BCUT2D eigenvalue weighted by Gasteiger charge is -2.23. The monoisotopic (exact) mass is 299 g/mol. The molecule has 2 rings (SSSR count). The lowest BCUT2D eigenvalue weighted by atomic mass is 10.2. The first-order valence-corrected chi connectivity index (χ1v) is 8.05. The van der Waals surface area contributed by atoms with E-state index >= 15 is 0 Å². The Balaban J connectivity index is 2.31. The van der Waals surface area contributed by atoms with Gasteiger partial charge in [0.2, 0.25) is 0 Å². The Morgan fingerprint density at radius 2 is 2.15 bits per heavy atom. The number of sulfone groups is 1. The number of hydrogen-bond donors (Lipinski definition) is 1. The van der Waals surface area contributed by atoms with E-state index in [1.165, 1.54) is 19.4 Å². The highest BCUT2D eigenvalue weighted by molar-refractivity contribution is 7.91. The van der Waals surface area contributed by atoms with Crippen LogP contribution in [-0.2, 0) is 14.6 Å². The molecule has 0 spiro atoms. The van der Waals surface area contributed by atoms with Crippen LogP contribution >= 0.6 is 0 Å². The van der Waals surface area contributed by atoms with Crippen LogP contribution in [0.5, 0.6) is 0 Å². The van der Waals surface area contributed by atoms with Crippen LogP contribution in [0.1, 0.15) is 16.8 Å². The Morgan fingerprint density at radius 3 is 2.85 bits per heavy atom. The fourth-order valence-electron chi connectivity index (χ4n) is 2.15. The standard InChI is InChI=1S/C12H17N3O4S/c1-19-12(16)9-3-4-14-11(10(9)13)15-5-2-7-20(17,18)8-6-15/h3-4H,2,5-8,13H2,1H3. The van der Waals surface area contributed by atoms with Crippen LogP contribution in [0.3, 0.4) is 0 Å². The van der Waals surface area contributed by atoms with Gasteiger partial charge >= 0.3 is 5.97 Å². The van der Waals surface area contributed by atoms with Crippen molar-refractivity contribution in [3.63, 3.8) is 0 Å². The molecule has 0 bridgehead atoms. The van der Waals surface area contributed by atoms with Crippen molar-refractivity contribution in [2.45, 2.75) is 6.42 Å². The zero-order valence-corrected chi connectivity index (χ0v) is 12.0. The molecule has 0 atom stereocenters. The first-order chi connectivity index (χ1) is 9.44. The zero-order valence-electron chi connectivity index (χ0n) is 11.2. The second-order valence-electron chi connectivity index (χ2n) is 4.58. The smallest absolute Gasteiger partial charge is 0.340 e. The lowest BCUT2D eigenvalue weighted by molar-refractivity contribution is 0.0602. The number of aromatic nitrogens is 1. The third kappa shape index (κ3) is 3.01. The first kappa shape index (κ1) is 14.6. The van der Waals surface area contributed by atoms with Crippen molar-refractivity contribution >= 4 is 27.3 Å². The van der Waals surface area contributed by atoms with Gasteiger partial charge in [-0.1, -0.05) is 0 Å². The molecule has 1 aliphatic rings. The summed E-state index contributed by atoms with van der Waals surface area (Å²) in [5, 5.41) is 0. The first-order valence-electron chi connectivity index (χ1n) is 6.23. The number of nitrogens with zero attached hydrogens (tertiary/aromatic N) is 2. The summed E-state index contributed by atoms with van der Waals surface area (Å²) in [4.78, 5) is 17.6. The van der Waals surface area contributed by atoms with E-state index in [0.29, 0.717) is 25.3 Å². The third-order valence-corrected chi connectivity index (χ3v) is 4.94. The molecule has 2 heterocycles. The van der Waals surface area contributed by atoms with E-state index < -0.39 is 15.8 Å². The largest absolute Gasteiger partial charge is 0.465 e. The van der Waals surface area contributed by atoms with Crippen molar-refractivity contribution in [1.82, 2.24) is 4.98 Å². The molecule has 2 N–H and O–H groups in total. The van der Waals surface area contributed by atoms with Gasteiger partial charge in [0.15, 0.2) is 15.7 Å². The van der Waals surface area contributed by atoms with Gasteiger partial charge in [0, 0.05) is 19.3 Å². The van der Waals surface area contributed by atoms with Crippen LogP contribution in [-0.4, -0.2) is 51.1 Å². The lowest BCUT2D eigenvalue weighted by Crippen LogP contribution is -2.29. The van der Waals surface area contributed by atoms with Crippen molar-refractivity contribution in [1.29, 1.82) is 0 Å². The molecule has 0 amide bonds. The zero-order chi connectivity index (χ0) is 14.8. The Bertz CT molecular complexity index is 615. The molecule has 1 aliphatic heterocycles. The third-order valence-electron chi connectivity index (χ3n) is 3.23. The summed E-state index contributed by atoms with van der Waals surface area (Å²) in [6.07, 6.45) is 1.99. The SMILES string of the molecule is COC(=O)c1ccnc(N2CCCS(=O)(=O)CC2)c1N. The molecule has 0 radical (unpaired) electrons. The Kier molecular flexibility index (Phi) is 4.12. The number of hydrogen-bond acceptors (Lipinski definition) is 7. The van der Waals surface area contributed by atoms with Crippen molar-refractivity contribution in [2.75, 3.05) is 42.3 Å². The van der Waals surface area contributed by atoms with Gasteiger partial charge in [-0.3, -0.25) is 0 Å². The van der Waals surface area contributed by atoms with Crippen molar-refractivity contribution in [3.05, 3.63) is 17.8 Å². The van der Waals surface area contributed by atoms with Crippen molar-refractivity contribution in [2.24, 2.45) is 0 Å². The predicted molar refractivity (Wildman–Crippen MR) is 75.5 cm³/mol. The summed E-state index contributed by atoms with van der Waals surface area (Å²) < 4.78 is 27.9. The number of rotatable bonds is 2. The molecule has 1 aromatic rings. The molecule has 110 valence electrons. The van der Waals surface area contributed by atoms with E-state index in [0.717, 1.165) is 0 Å². The molecule has 1 fully saturated rings. The molecule has 1 saturated heterocycles. The van der Waals surface area contributed by atoms with Crippen LogP contribution in [0, 0.1) is 0 Å². The molecule has 1 aromatic heterocycles. The number of carbonyl (C=O) groups excluding carboxylic acids is 1. The molecule has 0 saturated carbocycles. The normalized spacial score (nSPS) is 18.4. The van der Waals surface area contributed by atoms with Gasteiger partial charge in [0.25, 0.3) is 0 Å². The number of methoxy groups -OCH3 is 1. The molecule has 0 unspecified atom stereocenters. The maximum absolute atomic E-state index is 11.6. The van der Waals surface area contributed by atoms with Crippen LogP contribution in [0.4, 0.5) is 11.5 Å². The van der Waals surface area contributed by atoms with Crippen molar-refractivity contribution < 1.29 is 17.9 Å². The topological polar surface area (TPSA) is 103 Å². The van der Waals surface area contributed by atoms with Gasteiger partial charge in [0.05, 0.1) is 29.9 Å². The number of esters is 1. The Labute approximate surface area is 117 Å². The number of nitrogens with two attached hydrogens (primary N) is 1. The molecular weight excluding hydrogens is 282 g/mol. The quantitative estimate of drug-likeness (QED) is 0.771. The minimum Gasteiger partial charge on any atom is -0.465 e. The van der Waals surface area contributed by atoms with Gasteiger partial charge in [-0.05, 0) is 12.5 Å². The summed E-state index contributed by atoms with van der Waals surface area (Å²) in [6, 6.07) is 1.49. The van der Waals surface area contributed by atoms with Gasteiger partial charge in [-0.25, -0.2) is 18.2 Å². The summed E-state index contributed by atoms with van der Waals surface area (Å²) in [5.41, 5.74) is 6.42. The van der Waals surface area contributed by atoms with E-state index in [1.54, 1.807) is 4.90 Å². The summed E-state index contributed by atoms with van der Waals surface area (Å²) in [7, 11) is -1.73. The van der Waals surface area contributed by atoms with Gasteiger partial charge in [0.1, 0.15) is 0 Å². The number of ether oxygens (including phenoxy) is 1. The molecular formula is C12H17N3O4S. The molecule has 7 nitrogen and oxygen atoms in total. The summed E-state index contributed by atoms with van der Waals surface area (Å²) in [5.74, 6) is 0.134. The highest BCUT2D eigenvalue weighted by Gasteiger charge is 2.23. The van der Waals surface area contributed by atoms with Crippen molar-refractivity contribution in [3.8, 4) is 0 Å². The highest BCUT2D eigenvalue weighted by Crippen LogP contribution is 2.25. The fourth-order valence-corrected chi connectivity index (χ4v) is 3.42. The van der Waals surface area contributed by atoms with Gasteiger partial charge in [-0.15, -0.1) is 0 Å². The van der Waals surface area contributed by atoms with E-state index in [9.17, 15) is 13.2 Å². The van der Waals surface area contributed by atoms with Crippen LogP contribution in [0.15, 0.2) is 12.3 Å². The molecule has 0 aromatic carbocycles. The van der Waals surface area contributed by atoms with E-state index in [2.05, 4.69) is 9.72 Å². The van der Waals surface area contributed by atoms with Gasteiger partial charge < -0.3 is 15.4 Å². The second kappa shape index (κ2) is 5.66. The average molecular weight is 299 g/mol. The highest BCUT2D eigenvalue weighted by atomic mass is 32.2. The van der Waals surface area contributed by atoms with E-state index in [4.69, 9.17) is 5.73 Å². The molecule has 0 aliphatic carbocycles. The fraction of sp³-hybridized carbons (Fsp3) is 0.500. The van der Waals surface area contributed by atoms with E-state index in [1.807, 2.05) is 0 Å². The van der Waals surface area contributed by atoms with Crippen LogP contribution in [0.2, 0.25) is 0 Å².